The van der Waals surface area contributed by atoms with E-state index in [9.17, 15) is 24.6 Å². The summed E-state index contributed by atoms with van der Waals surface area (Å²) in [5, 5.41) is 41.6. The molecule has 0 spiro atoms. The minimum Gasteiger partial charge on any atom is -0.548 e. The fraction of sp³-hybridized carbons (Fsp3) is 0.600. The van der Waals surface area contributed by atoms with Gasteiger partial charge < -0.3 is 46.8 Å². The van der Waals surface area contributed by atoms with Crippen LogP contribution in [0, 0.1) is 5.41 Å². The molecule has 0 heterocycles. The molecule has 0 aromatic heterocycles. The van der Waals surface area contributed by atoms with E-state index >= 15 is 0 Å². The van der Waals surface area contributed by atoms with Gasteiger partial charge in [0.25, 0.3) is 0 Å². The van der Waals surface area contributed by atoms with Gasteiger partial charge in [0, 0.05) is 12.6 Å². The summed E-state index contributed by atoms with van der Waals surface area (Å²) >= 11 is 0. The molecule has 0 aliphatic rings. The van der Waals surface area contributed by atoms with Crippen molar-refractivity contribution in [1.29, 1.82) is 5.41 Å². The molecule has 13 heteroatoms. The molecule has 0 aromatic carbocycles. The number of nitrogens with two attached hydrogens (primary N) is 1. The summed E-state index contributed by atoms with van der Waals surface area (Å²) in [6.07, 6.45) is -0.568. The third kappa shape index (κ3) is 16.2. The van der Waals surface area contributed by atoms with Crippen molar-refractivity contribution >= 4 is 23.9 Å². The fourth-order valence-corrected chi connectivity index (χ4v) is 1.43. The number of aliphatic carboxylic acids is 3. The first-order chi connectivity index (χ1) is 9.23. The molecule has 122 valence electrons. The fourth-order valence-electron chi connectivity index (χ4n) is 1.43. The zero-order valence-electron chi connectivity index (χ0n) is 13.0. The van der Waals surface area contributed by atoms with Gasteiger partial charge in [0.05, 0.1) is 24.4 Å². The Morgan fingerprint density at radius 2 is 1.61 bits per heavy atom. The first-order valence-electron chi connectivity index (χ1n) is 5.71. The summed E-state index contributed by atoms with van der Waals surface area (Å²) < 4.78 is 0. The predicted octanol–water partition coefficient (Wildman–Crippen LogP) is -11.3. The quantitative estimate of drug-likeness (QED) is 0.109. The number of carbonyl (C=O) groups is 3. The minimum absolute atomic E-state index is 0. The average molecular weight is 352 g/mol. The van der Waals surface area contributed by atoms with Crippen molar-refractivity contribution in [2.24, 2.45) is 5.73 Å². The second-order valence-corrected chi connectivity index (χ2v) is 3.99. The standard InChI is InChI=1S/C10H18N4O6.2Na.H2O/c11-10(12)13-3-1-2-5(8(17)18)14-6(9(19)20)4-7(15)16;;;/h5-6,14H,1-4H2,(H,15,16)(H,17,18)(H,19,20)(H4,11,12,13);;;1H2/q;2*+1;/p-2/t5-,6?;;;/m0.../s1. The first-order valence-corrected chi connectivity index (χ1v) is 5.71. The zero-order valence-corrected chi connectivity index (χ0v) is 17.0. The Balaban J connectivity index is -0.000000602. The second kappa shape index (κ2) is 16.5. The van der Waals surface area contributed by atoms with Gasteiger partial charge in [-0.3, -0.25) is 10.2 Å². The number of nitrogens with one attached hydrogen (secondary N) is 3. The molecule has 0 aromatic rings. The molecular weight excluding hydrogens is 334 g/mol. The number of guanidine groups is 1. The van der Waals surface area contributed by atoms with E-state index < -0.39 is 36.4 Å². The van der Waals surface area contributed by atoms with Crippen molar-refractivity contribution in [3.05, 3.63) is 0 Å². The molecule has 0 aliphatic carbocycles. The number of carbonyl (C=O) groups excluding carboxylic acids is 2. The van der Waals surface area contributed by atoms with Crippen molar-refractivity contribution in [1.82, 2.24) is 10.6 Å². The Bertz CT molecular complexity index is 397. The van der Waals surface area contributed by atoms with Gasteiger partial charge in [-0.15, -0.1) is 0 Å². The number of carboxylic acid groups (broad SMARTS) is 3. The van der Waals surface area contributed by atoms with E-state index in [0.29, 0.717) is 0 Å². The van der Waals surface area contributed by atoms with Crippen LogP contribution in [0.4, 0.5) is 0 Å². The summed E-state index contributed by atoms with van der Waals surface area (Å²) in [6, 6.07) is -2.97. The Kier molecular flexibility index (Phi) is 21.8. The maximum absolute atomic E-state index is 10.8. The van der Waals surface area contributed by atoms with Gasteiger partial charge in [0.2, 0.25) is 0 Å². The third-order valence-electron chi connectivity index (χ3n) is 2.34. The minimum atomic E-state index is -1.71. The molecule has 0 bridgehead atoms. The van der Waals surface area contributed by atoms with Gasteiger partial charge in [0.1, 0.15) is 0 Å². The van der Waals surface area contributed by atoms with Crippen LogP contribution in [-0.2, 0) is 14.4 Å². The monoisotopic (exact) mass is 352 g/mol. The second-order valence-electron chi connectivity index (χ2n) is 3.99. The van der Waals surface area contributed by atoms with Crippen LogP contribution in [0.3, 0.4) is 0 Å². The number of hydrogen-bond acceptors (Lipinski definition) is 7. The first kappa shape index (κ1) is 30.5. The molecule has 0 aliphatic heterocycles. The summed E-state index contributed by atoms with van der Waals surface area (Å²) in [4.78, 5) is 32.0. The van der Waals surface area contributed by atoms with Crippen LogP contribution < -0.4 is 85.7 Å². The molecule has 1 unspecified atom stereocenters. The van der Waals surface area contributed by atoms with Crippen LogP contribution in [-0.4, -0.2) is 53.1 Å². The van der Waals surface area contributed by atoms with Crippen molar-refractivity contribution in [2.75, 3.05) is 6.54 Å². The smallest absolute Gasteiger partial charge is 0.548 e. The van der Waals surface area contributed by atoms with Crippen molar-refractivity contribution in [3.8, 4) is 0 Å². The molecule has 0 rings (SSSR count). The number of rotatable bonds is 10. The molecule has 11 nitrogen and oxygen atoms in total. The van der Waals surface area contributed by atoms with Crippen LogP contribution in [0.15, 0.2) is 0 Å². The Morgan fingerprint density at radius 1 is 1.13 bits per heavy atom. The normalized spacial score (nSPS) is 11.5. The van der Waals surface area contributed by atoms with Gasteiger partial charge in [0.15, 0.2) is 5.96 Å². The van der Waals surface area contributed by atoms with Crippen LogP contribution in [0.25, 0.3) is 0 Å². The van der Waals surface area contributed by atoms with Crippen molar-refractivity contribution in [2.45, 2.75) is 31.3 Å². The largest absolute Gasteiger partial charge is 1.00 e. The molecule has 0 radical (unpaired) electrons. The zero-order chi connectivity index (χ0) is 15.7. The van der Waals surface area contributed by atoms with Crippen molar-refractivity contribution in [3.63, 3.8) is 0 Å². The summed E-state index contributed by atoms with van der Waals surface area (Å²) in [5.74, 6) is -4.94. The molecule has 0 amide bonds. The third-order valence-corrected chi connectivity index (χ3v) is 2.34. The molecule has 0 saturated carbocycles. The molecular formula is C10H18N4Na2O7. The van der Waals surface area contributed by atoms with Gasteiger partial charge in [-0.2, -0.15) is 0 Å². The van der Waals surface area contributed by atoms with Crippen LogP contribution in [0.5, 0.6) is 0 Å². The summed E-state index contributed by atoms with van der Waals surface area (Å²) in [5.41, 5.74) is 5.02. The number of carboxylic acids is 3. The molecule has 8 N–H and O–H groups in total. The average Bonchev–Trinajstić information content (AvgIpc) is 2.30. The van der Waals surface area contributed by atoms with Crippen LogP contribution >= 0.6 is 0 Å². The van der Waals surface area contributed by atoms with Gasteiger partial charge >= 0.3 is 65.1 Å². The van der Waals surface area contributed by atoms with E-state index in [-0.39, 0.29) is 89.9 Å². The van der Waals surface area contributed by atoms with Gasteiger partial charge in [-0.25, -0.2) is 0 Å². The topological polar surface area (TPSA) is 223 Å². The van der Waals surface area contributed by atoms with Crippen molar-refractivity contribution < 1.29 is 94.3 Å². The van der Waals surface area contributed by atoms with E-state index in [0.717, 1.165) is 0 Å². The molecule has 0 saturated heterocycles. The van der Waals surface area contributed by atoms with E-state index in [1.165, 1.54) is 0 Å². The van der Waals surface area contributed by atoms with E-state index in [1.54, 1.807) is 0 Å². The van der Waals surface area contributed by atoms with Gasteiger partial charge in [-0.1, -0.05) is 0 Å². The van der Waals surface area contributed by atoms with E-state index in [2.05, 4.69) is 10.6 Å². The van der Waals surface area contributed by atoms with E-state index in [1.807, 2.05) is 0 Å². The SMILES string of the molecule is N=C(N)NCCC[C@H](NC(CC(=O)O)C(=O)[O-])C(=O)[O-].O.[Na+].[Na+]. The van der Waals surface area contributed by atoms with Crippen LogP contribution in [0.1, 0.15) is 19.3 Å². The number of hydrogen-bond donors (Lipinski definition) is 5. The van der Waals surface area contributed by atoms with E-state index in [4.69, 9.17) is 16.2 Å². The maximum Gasteiger partial charge on any atom is 1.00 e. The summed E-state index contributed by atoms with van der Waals surface area (Å²) in [6.45, 7) is 0.218. The molecule has 2 atom stereocenters. The molecule has 0 fully saturated rings. The molecule has 23 heavy (non-hydrogen) atoms. The Morgan fingerprint density at radius 3 is 1.96 bits per heavy atom. The summed E-state index contributed by atoms with van der Waals surface area (Å²) in [7, 11) is 0. The Hall–Kier alpha value is -0.400. The van der Waals surface area contributed by atoms with Gasteiger partial charge in [-0.05, 0) is 12.8 Å². The van der Waals surface area contributed by atoms with Crippen LogP contribution in [0.2, 0.25) is 0 Å². The maximum atomic E-state index is 10.8. The Labute approximate surface area is 176 Å². The predicted molar refractivity (Wildman–Crippen MR) is 65.7 cm³/mol.